The van der Waals surface area contributed by atoms with Crippen LogP contribution in [0.5, 0.6) is 5.75 Å². The van der Waals surface area contributed by atoms with Crippen LogP contribution in [0.4, 0.5) is 5.69 Å². The van der Waals surface area contributed by atoms with Gasteiger partial charge in [0, 0.05) is 31.5 Å². The van der Waals surface area contributed by atoms with Crippen LogP contribution in [0.1, 0.15) is 43.4 Å². The van der Waals surface area contributed by atoms with Gasteiger partial charge >= 0.3 is 5.97 Å². The second-order valence-electron chi connectivity index (χ2n) is 9.42. The number of amidine groups is 2. The molecule has 0 atom stereocenters. The van der Waals surface area contributed by atoms with Crippen LogP contribution in [0.15, 0.2) is 48.5 Å². The van der Waals surface area contributed by atoms with Gasteiger partial charge in [0.1, 0.15) is 17.7 Å². The Hall–Kier alpha value is -3.86. The van der Waals surface area contributed by atoms with Crippen LogP contribution in [0.2, 0.25) is 0 Å². The summed E-state index contributed by atoms with van der Waals surface area (Å²) >= 11 is 0. The molecular weight excluding hydrogens is 518 g/mol. The number of ether oxygens (including phenoxy) is 2. The molecule has 1 heterocycles. The van der Waals surface area contributed by atoms with Gasteiger partial charge in [-0.1, -0.05) is 18.2 Å². The molecule has 10 nitrogen and oxygen atoms in total. The molecule has 1 aliphatic heterocycles. The summed E-state index contributed by atoms with van der Waals surface area (Å²) in [4.78, 5) is 14.1. The number of sulfonamides is 1. The number of likely N-dealkylation sites (tertiary alicyclic amines) is 1. The highest BCUT2D eigenvalue weighted by Crippen LogP contribution is 2.25. The normalized spacial score (nSPS) is 14.3. The maximum absolute atomic E-state index is 13.2. The summed E-state index contributed by atoms with van der Waals surface area (Å²) in [6, 6.07) is 12.2. The molecule has 0 bridgehead atoms. The van der Waals surface area contributed by atoms with Crippen molar-refractivity contribution in [2.24, 2.45) is 5.73 Å². The third-order valence-corrected chi connectivity index (χ3v) is 7.91. The van der Waals surface area contributed by atoms with Crippen LogP contribution in [0.3, 0.4) is 0 Å². The van der Waals surface area contributed by atoms with Crippen LogP contribution in [0, 0.1) is 17.7 Å². The fraction of sp³-hybridized carbons (Fsp3) is 0.393. The Bertz CT molecular complexity index is 1320. The highest BCUT2D eigenvalue weighted by atomic mass is 32.2. The number of rotatable bonds is 11. The maximum atomic E-state index is 13.2. The summed E-state index contributed by atoms with van der Waals surface area (Å²) in [6.45, 7) is 6.88. The van der Waals surface area contributed by atoms with E-state index in [0.717, 1.165) is 41.4 Å². The summed E-state index contributed by atoms with van der Waals surface area (Å²) < 4.78 is 38.6. The second kappa shape index (κ2) is 13.3. The van der Waals surface area contributed by atoms with E-state index in [0.29, 0.717) is 22.8 Å². The number of nitrogens with two attached hydrogens (primary N) is 1. The molecule has 0 unspecified atom stereocenters. The van der Waals surface area contributed by atoms with E-state index in [1.807, 2.05) is 17.9 Å². The second-order valence-corrected chi connectivity index (χ2v) is 11.3. The lowest BCUT2D eigenvalue weighted by Crippen LogP contribution is -2.40. The number of nitrogens with zero attached hydrogens (tertiary/aromatic N) is 2. The van der Waals surface area contributed by atoms with E-state index in [1.165, 1.54) is 0 Å². The third kappa shape index (κ3) is 8.57. The molecular formula is C28H37N5O5S. The highest BCUT2D eigenvalue weighted by Gasteiger charge is 2.26. The van der Waals surface area contributed by atoms with Gasteiger partial charge in [0.25, 0.3) is 0 Å². The van der Waals surface area contributed by atoms with E-state index < -0.39 is 21.7 Å². The molecule has 0 aliphatic carbocycles. The Morgan fingerprint density at radius 1 is 1.15 bits per heavy atom. The van der Waals surface area contributed by atoms with Crippen molar-refractivity contribution in [2.75, 3.05) is 36.3 Å². The number of esters is 1. The summed E-state index contributed by atoms with van der Waals surface area (Å²) in [7, 11) is -4.05. The topological polar surface area (TPSA) is 150 Å². The van der Waals surface area contributed by atoms with E-state index >= 15 is 0 Å². The Balaban J connectivity index is 1.79. The standard InChI is InChI=1S/C28H37N5O5S/c1-4-37-27(34)19-39(35,36)33(13-5-6-22-16-20(2)17-23(18-22)28(30)31)24-7-9-25(10-8-24)38-26-11-14-32(15-12-26)21(3)29/h5-10,16-18,26,29H,4,11-15,19H2,1-3H3,(H3,30,31). The minimum atomic E-state index is -4.05. The monoisotopic (exact) mass is 555 g/mol. The predicted molar refractivity (Wildman–Crippen MR) is 154 cm³/mol. The lowest BCUT2D eigenvalue weighted by molar-refractivity contribution is -0.139. The predicted octanol–water partition coefficient (Wildman–Crippen LogP) is 3.53. The van der Waals surface area contributed by atoms with E-state index in [9.17, 15) is 13.2 Å². The molecule has 0 saturated carbocycles. The van der Waals surface area contributed by atoms with E-state index in [-0.39, 0.29) is 25.1 Å². The molecule has 39 heavy (non-hydrogen) atoms. The minimum absolute atomic E-state index is 0.0206. The summed E-state index contributed by atoms with van der Waals surface area (Å²) in [5.74, 6) is -0.472. The molecule has 210 valence electrons. The average Bonchev–Trinajstić information content (AvgIpc) is 2.87. The van der Waals surface area contributed by atoms with Crippen molar-refractivity contribution in [3.05, 3.63) is 65.2 Å². The number of piperidine rings is 1. The Morgan fingerprint density at radius 3 is 2.41 bits per heavy atom. The number of hydrogen-bond donors (Lipinski definition) is 3. The number of nitrogen functional groups attached to an aromatic ring is 1. The van der Waals surface area contributed by atoms with Crippen molar-refractivity contribution in [1.29, 1.82) is 10.8 Å². The fourth-order valence-electron chi connectivity index (χ4n) is 4.35. The lowest BCUT2D eigenvalue weighted by atomic mass is 10.1. The summed E-state index contributed by atoms with van der Waals surface area (Å²) in [6.07, 6.45) is 5.06. The maximum Gasteiger partial charge on any atom is 0.323 e. The van der Waals surface area contributed by atoms with Gasteiger partial charge in [-0.3, -0.25) is 19.9 Å². The van der Waals surface area contributed by atoms with Crippen molar-refractivity contribution in [2.45, 2.75) is 39.7 Å². The van der Waals surface area contributed by atoms with Crippen LogP contribution >= 0.6 is 0 Å². The summed E-state index contributed by atoms with van der Waals surface area (Å²) in [5.41, 5.74) is 8.29. The molecule has 2 aromatic rings. The number of benzene rings is 2. The van der Waals surface area contributed by atoms with Gasteiger partial charge in [-0.2, -0.15) is 0 Å². The SMILES string of the molecule is CCOC(=O)CS(=O)(=O)N(CC=Cc1cc(C)cc(C(=N)N)c1)c1ccc(OC2CCN(C(C)=N)CC2)cc1. The van der Waals surface area contributed by atoms with Crippen molar-refractivity contribution in [1.82, 2.24) is 4.90 Å². The van der Waals surface area contributed by atoms with Gasteiger partial charge in [-0.05, 0) is 68.3 Å². The molecule has 11 heteroatoms. The third-order valence-electron chi connectivity index (χ3n) is 6.28. The molecule has 0 spiro atoms. The van der Waals surface area contributed by atoms with E-state index in [4.69, 9.17) is 26.0 Å². The first-order chi connectivity index (χ1) is 18.5. The van der Waals surface area contributed by atoms with Gasteiger partial charge in [-0.25, -0.2) is 8.42 Å². The number of hydrogen-bond acceptors (Lipinski definition) is 7. The number of anilines is 1. The zero-order valence-corrected chi connectivity index (χ0v) is 23.5. The number of nitrogens with one attached hydrogen (secondary N) is 2. The van der Waals surface area contributed by atoms with Crippen molar-refractivity contribution in [3.8, 4) is 5.75 Å². The van der Waals surface area contributed by atoms with Crippen LogP contribution in [0.25, 0.3) is 6.08 Å². The molecule has 4 N–H and O–H groups in total. The van der Waals surface area contributed by atoms with Gasteiger partial charge in [0.2, 0.25) is 10.0 Å². The number of aryl methyl sites for hydroxylation is 1. The van der Waals surface area contributed by atoms with Gasteiger partial charge in [-0.15, -0.1) is 0 Å². The van der Waals surface area contributed by atoms with Crippen molar-refractivity contribution < 1.29 is 22.7 Å². The molecule has 3 rings (SSSR count). The Morgan fingerprint density at radius 2 is 1.82 bits per heavy atom. The molecule has 0 radical (unpaired) electrons. The van der Waals surface area contributed by atoms with Gasteiger partial charge in [0.05, 0.1) is 24.7 Å². The quantitative estimate of drug-likeness (QED) is 0.218. The molecule has 0 amide bonds. The number of carbonyl (C=O) groups is 1. The number of carbonyl (C=O) groups excluding carboxylic acids is 1. The molecule has 2 aromatic carbocycles. The van der Waals surface area contributed by atoms with Gasteiger partial charge in [0.15, 0.2) is 5.75 Å². The summed E-state index contributed by atoms with van der Waals surface area (Å²) in [5, 5.41) is 15.5. The molecule has 0 aromatic heterocycles. The smallest absolute Gasteiger partial charge is 0.323 e. The first kappa shape index (κ1) is 29.7. The molecule has 1 saturated heterocycles. The lowest BCUT2D eigenvalue weighted by Gasteiger charge is -2.32. The van der Waals surface area contributed by atoms with Crippen LogP contribution in [-0.2, 0) is 19.6 Å². The first-order valence-electron chi connectivity index (χ1n) is 12.8. The Kier molecular flexibility index (Phi) is 10.1. The van der Waals surface area contributed by atoms with Crippen molar-refractivity contribution in [3.63, 3.8) is 0 Å². The van der Waals surface area contributed by atoms with Crippen molar-refractivity contribution >= 4 is 39.4 Å². The molecule has 1 aliphatic rings. The van der Waals surface area contributed by atoms with E-state index in [2.05, 4.69) is 0 Å². The Labute approximate surface area is 230 Å². The van der Waals surface area contributed by atoms with E-state index in [1.54, 1.807) is 62.4 Å². The average molecular weight is 556 g/mol. The highest BCUT2D eigenvalue weighted by molar-refractivity contribution is 7.93. The zero-order chi connectivity index (χ0) is 28.6. The van der Waals surface area contributed by atoms with Crippen LogP contribution in [-0.4, -0.2) is 69.1 Å². The first-order valence-corrected chi connectivity index (χ1v) is 14.4. The zero-order valence-electron chi connectivity index (χ0n) is 22.6. The van der Waals surface area contributed by atoms with Gasteiger partial charge < -0.3 is 20.1 Å². The minimum Gasteiger partial charge on any atom is -0.490 e. The van der Waals surface area contributed by atoms with Crippen LogP contribution < -0.4 is 14.8 Å². The molecule has 1 fully saturated rings. The largest absolute Gasteiger partial charge is 0.490 e. The fourth-order valence-corrected chi connectivity index (χ4v) is 5.64.